The molecule has 0 saturated carbocycles. The monoisotopic (exact) mass is 284 g/mol. The third-order valence-corrected chi connectivity index (χ3v) is 2.99. The fourth-order valence-corrected chi connectivity index (χ4v) is 2.17. The number of nitrogens with zero attached hydrogens (tertiary/aromatic N) is 2. The van der Waals surface area contributed by atoms with Gasteiger partial charge in [-0.05, 0) is 24.7 Å². The Morgan fingerprint density at radius 1 is 1.30 bits per heavy atom. The van der Waals surface area contributed by atoms with Crippen LogP contribution in [0.3, 0.4) is 0 Å². The summed E-state index contributed by atoms with van der Waals surface area (Å²) in [6.45, 7) is 12.9. The molecular formula is C15H28N2O3. The largest absolute Gasteiger partial charge is 0.393 e. The number of aromatic nitrogens is 2. The summed E-state index contributed by atoms with van der Waals surface area (Å²) < 4.78 is 11.0. The van der Waals surface area contributed by atoms with Gasteiger partial charge >= 0.3 is 0 Å². The third-order valence-electron chi connectivity index (χ3n) is 2.99. The molecule has 5 nitrogen and oxygen atoms in total. The third kappa shape index (κ3) is 5.21. The van der Waals surface area contributed by atoms with Gasteiger partial charge in [-0.2, -0.15) is 4.98 Å². The number of aliphatic hydroxyl groups is 1. The Bertz CT molecular complexity index is 396. The van der Waals surface area contributed by atoms with E-state index in [0.717, 1.165) is 6.42 Å². The van der Waals surface area contributed by atoms with Gasteiger partial charge in [-0.1, -0.05) is 39.8 Å². The van der Waals surface area contributed by atoms with Crippen molar-refractivity contribution in [3.8, 4) is 0 Å². The first-order chi connectivity index (χ1) is 9.24. The van der Waals surface area contributed by atoms with E-state index in [1.807, 2.05) is 6.92 Å². The average Bonchev–Trinajstić information content (AvgIpc) is 2.70. The molecule has 1 aromatic heterocycles. The van der Waals surface area contributed by atoms with Gasteiger partial charge in [0.15, 0.2) is 0 Å². The summed E-state index contributed by atoms with van der Waals surface area (Å²) >= 11 is 0. The maximum atomic E-state index is 9.93. The maximum Gasteiger partial charge on any atom is 0.229 e. The van der Waals surface area contributed by atoms with Crippen LogP contribution in [0.5, 0.6) is 0 Å². The summed E-state index contributed by atoms with van der Waals surface area (Å²) in [6.07, 6.45) is 0.482. The van der Waals surface area contributed by atoms with Crippen LogP contribution in [-0.2, 0) is 11.2 Å². The van der Waals surface area contributed by atoms with Crippen molar-refractivity contribution in [2.24, 2.45) is 11.3 Å². The van der Waals surface area contributed by atoms with Crippen LogP contribution in [0.25, 0.3) is 0 Å². The molecule has 2 atom stereocenters. The zero-order valence-corrected chi connectivity index (χ0v) is 13.5. The highest BCUT2D eigenvalue weighted by Crippen LogP contribution is 2.34. The Balaban J connectivity index is 2.74. The van der Waals surface area contributed by atoms with Crippen molar-refractivity contribution in [3.63, 3.8) is 0 Å². The van der Waals surface area contributed by atoms with Gasteiger partial charge in [0.05, 0.1) is 12.5 Å². The van der Waals surface area contributed by atoms with E-state index in [0.29, 0.717) is 30.7 Å². The molecule has 1 heterocycles. The molecule has 0 amide bonds. The van der Waals surface area contributed by atoms with Crippen LogP contribution in [0.15, 0.2) is 4.52 Å². The maximum absolute atomic E-state index is 9.93. The summed E-state index contributed by atoms with van der Waals surface area (Å²) in [6, 6.07) is 0. The van der Waals surface area contributed by atoms with Crippen LogP contribution >= 0.6 is 0 Å². The van der Waals surface area contributed by atoms with Crippen molar-refractivity contribution < 1.29 is 14.4 Å². The van der Waals surface area contributed by atoms with Crippen LogP contribution in [0, 0.1) is 11.3 Å². The molecule has 1 aromatic rings. The minimum absolute atomic E-state index is 0.103. The van der Waals surface area contributed by atoms with E-state index < -0.39 is 6.10 Å². The smallest absolute Gasteiger partial charge is 0.229 e. The van der Waals surface area contributed by atoms with Crippen molar-refractivity contribution in [2.75, 3.05) is 6.61 Å². The zero-order valence-electron chi connectivity index (χ0n) is 13.5. The molecule has 0 aliphatic rings. The van der Waals surface area contributed by atoms with Crippen molar-refractivity contribution in [2.45, 2.75) is 66.6 Å². The zero-order chi connectivity index (χ0) is 15.3. The molecule has 0 aliphatic carbocycles. The van der Waals surface area contributed by atoms with E-state index in [9.17, 15) is 5.11 Å². The first-order valence-corrected chi connectivity index (χ1v) is 7.36. The molecule has 0 aliphatic heterocycles. The molecule has 0 radical (unpaired) electrons. The summed E-state index contributed by atoms with van der Waals surface area (Å²) in [5.41, 5.74) is -0.103. The lowest BCUT2D eigenvalue weighted by Gasteiger charge is -2.27. The summed E-state index contributed by atoms with van der Waals surface area (Å²) in [4.78, 5) is 4.38. The fourth-order valence-electron chi connectivity index (χ4n) is 2.17. The van der Waals surface area contributed by atoms with Gasteiger partial charge in [-0.25, -0.2) is 0 Å². The molecular weight excluding hydrogens is 256 g/mol. The second-order valence-corrected chi connectivity index (χ2v) is 6.74. The fraction of sp³-hybridized carbons (Fsp3) is 0.867. The second kappa shape index (κ2) is 7.18. The van der Waals surface area contributed by atoms with Crippen LogP contribution in [0.2, 0.25) is 0 Å². The lowest BCUT2D eigenvalue weighted by atomic mass is 9.88. The Kier molecular flexibility index (Phi) is 6.14. The lowest BCUT2D eigenvalue weighted by Crippen LogP contribution is -2.22. The van der Waals surface area contributed by atoms with Crippen molar-refractivity contribution in [3.05, 3.63) is 11.7 Å². The standard InChI is InChI=1S/C15H28N2O3/c1-7-19-13(15(4,5)6)14-16-12(20-17-14)9-11(18)8-10(2)3/h10-11,13,18H,7-9H2,1-6H3. The Hall–Kier alpha value is -0.940. The highest BCUT2D eigenvalue weighted by Gasteiger charge is 2.31. The summed E-state index contributed by atoms with van der Waals surface area (Å²) in [5, 5.41) is 13.9. The van der Waals surface area contributed by atoms with Crippen LogP contribution in [0.1, 0.15) is 65.8 Å². The second-order valence-electron chi connectivity index (χ2n) is 6.74. The van der Waals surface area contributed by atoms with Gasteiger partial charge in [0.1, 0.15) is 6.10 Å². The van der Waals surface area contributed by atoms with Gasteiger partial charge in [0.25, 0.3) is 0 Å². The number of rotatable bonds is 7. The number of hydrogen-bond donors (Lipinski definition) is 1. The molecule has 0 bridgehead atoms. The van der Waals surface area contributed by atoms with Gasteiger partial charge < -0.3 is 14.4 Å². The molecule has 0 fully saturated rings. The van der Waals surface area contributed by atoms with Crippen LogP contribution in [0.4, 0.5) is 0 Å². The number of aliphatic hydroxyl groups excluding tert-OH is 1. The number of hydrogen-bond acceptors (Lipinski definition) is 5. The van der Waals surface area contributed by atoms with E-state index in [2.05, 4.69) is 44.8 Å². The summed E-state index contributed by atoms with van der Waals surface area (Å²) in [7, 11) is 0. The topological polar surface area (TPSA) is 68.4 Å². The average molecular weight is 284 g/mol. The predicted octanol–water partition coefficient (Wildman–Crippen LogP) is 3.14. The van der Waals surface area contributed by atoms with E-state index in [4.69, 9.17) is 9.26 Å². The first kappa shape index (κ1) is 17.1. The summed E-state index contributed by atoms with van der Waals surface area (Å²) in [5.74, 6) is 1.48. The lowest BCUT2D eigenvalue weighted by molar-refractivity contribution is -0.0203. The van der Waals surface area contributed by atoms with E-state index >= 15 is 0 Å². The molecule has 0 aromatic carbocycles. The SMILES string of the molecule is CCOC(c1noc(CC(O)CC(C)C)n1)C(C)(C)C. The van der Waals surface area contributed by atoms with E-state index in [-0.39, 0.29) is 11.5 Å². The highest BCUT2D eigenvalue weighted by atomic mass is 16.5. The van der Waals surface area contributed by atoms with Crippen molar-refractivity contribution >= 4 is 0 Å². The van der Waals surface area contributed by atoms with Gasteiger partial charge in [0.2, 0.25) is 11.7 Å². The number of ether oxygens (including phenoxy) is 1. The van der Waals surface area contributed by atoms with Crippen molar-refractivity contribution in [1.82, 2.24) is 10.1 Å². The normalized spacial score (nSPS) is 15.6. The molecule has 0 spiro atoms. The Morgan fingerprint density at radius 2 is 1.95 bits per heavy atom. The Labute approximate surface area is 121 Å². The minimum atomic E-state index is -0.441. The van der Waals surface area contributed by atoms with Gasteiger partial charge in [-0.3, -0.25) is 0 Å². The minimum Gasteiger partial charge on any atom is -0.393 e. The molecule has 2 unspecified atom stereocenters. The molecule has 116 valence electrons. The molecule has 0 saturated heterocycles. The molecule has 1 rings (SSSR count). The highest BCUT2D eigenvalue weighted by molar-refractivity contribution is 4.97. The molecule has 20 heavy (non-hydrogen) atoms. The molecule has 1 N–H and O–H groups in total. The van der Waals surface area contributed by atoms with Crippen molar-refractivity contribution in [1.29, 1.82) is 0 Å². The van der Waals surface area contributed by atoms with E-state index in [1.165, 1.54) is 0 Å². The molecule has 5 heteroatoms. The van der Waals surface area contributed by atoms with Crippen LogP contribution < -0.4 is 0 Å². The van der Waals surface area contributed by atoms with Gasteiger partial charge in [-0.15, -0.1) is 0 Å². The van der Waals surface area contributed by atoms with E-state index in [1.54, 1.807) is 0 Å². The quantitative estimate of drug-likeness (QED) is 0.833. The first-order valence-electron chi connectivity index (χ1n) is 7.36. The van der Waals surface area contributed by atoms with Gasteiger partial charge in [0, 0.05) is 6.61 Å². The van der Waals surface area contributed by atoms with Crippen LogP contribution in [-0.4, -0.2) is 28.0 Å². The predicted molar refractivity (Wildman–Crippen MR) is 77.3 cm³/mol. The Morgan fingerprint density at radius 3 is 2.45 bits per heavy atom.